The van der Waals surface area contributed by atoms with Gasteiger partial charge in [-0.1, -0.05) is 37.8 Å². The van der Waals surface area contributed by atoms with Gasteiger partial charge >= 0.3 is 11.9 Å². The fourth-order valence-corrected chi connectivity index (χ4v) is 2.57. The summed E-state index contributed by atoms with van der Waals surface area (Å²) in [5.74, 6) is -2.07. The normalized spacial score (nSPS) is 14.3. The van der Waals surface area contributed by atoms with E-state index < -0.39 is 17.6 Å². The standard InChI is InChI=1S/C22H29F5N6S/c1-4-15-33(16-9-7-11-19(29-3)22(25,26)27)20(31-17-28)12-14-30-13-8-6-10-18(5-2)32-34-21(23)24/h5-12,14,17,21,32H,2-4,13,15-16H2,1H3,(H2,28,31)/b8-6+,9-7+,18-10+,19-11-,20-12?,30-14?. The summed E-state index contributed by atoms with van der Waals surface area (Å²) in [5.41, 5.74) is 4.76. The Morgan fingerprint density at radius 2 is 1.88 bits per heavy atom. The fourth-order valence-electron chi connectivity index (χ4n) is 2.19. The van der Waals surface area contributed by atoms with E-state index in [9.17, 15) is 22.0 Å². The molecule has 0 spiro atoms. The van der Waals surface area contributed by atoms with Gasteiger partial charge in [-0.2, -0.15) is 22.0 Å². The van der Waals surface area contributed by atoms with Crippen LogP contribution in [-0.4, -0.2) is 55.7 Å². The number of rotatable bonds is 16. The number of aliphatic imine (C=N–C) groups is 3. The topological polar surface area (TPSA) is 78.4 Å². The first-order valence-electron chi connectivity index (χ1n) is 9.98. The van der Waals surface area contributed by atoms with Gasteiger partial charge in [0.05, 0.1) is 12.9 Å². The van der Waals surface area contributed by atoms with Crippen LogP contribution in [-0.2, 0) is 0 Å². The van der Waals surface area contributed by atoms with Gasteiger partial charge in [0.25, 0.3) is 0 Å². The molecule has 12 heteroatoms. The van der Waals surface area contributed by atoms with Crippen LogP contribution in [0.1, 0.15) is 13.3 Å². The maximum Gasteiger partial charge on any atom is 0.433 e. The lowest BCUT2D eigenvalue weighted by molar-refractivity contribution is -0.0922. The van der Waals surface area contributed by atoms with Crippen LogP contribution in [0.15, 0.2) is 87.4 Å². The molecule has 0 unspecified atom stereocenters. The lowest BCUT2D eigenvalue weighted by Gasteiger charge is -2.22. The van der Waals surface area contributed by atoms with Crippen LogP contribution in [0, 0.1) is 0 Å². The third kappa shape index (κ3) is 14.8. The highest BCUT2D eigenvalue weighted by molar-refractivity contribution is 7.97. The van der Waals surface area contributed by atoms with Crippen LogP contribution in [0.3, 0.4) is 0 Å². The SMILES string of the molecule is C=C/C(=C\C=C\CN=CC=C(N=CN)N(C/C=C/C=C(\N=C)C(F)(F)F)CCC)NSC(F)F. The number of hydrogen-bond acceptors (Lipinski definition) is 6. The zero-order valence-corrected chi connectivity index (χ0v) is 19.6. The van der Waals surface area contributed by atoms with Crippen molar-refractivity contribution in [3.8, 4) is 0 Å². The minimum Gasteiger partial charge on any atom is -0.390 e. The van der Waals surface area contributed by atoms with E-state index in [2.05, 4.69) is 33.0 Å². The molecule has 34 heavy (non-hydrogen) atoms. The van der Waals surface area contributed by atoms with Crippen molar-refractivity contribution in [1.82, 2.24) is 9.62 Å². The number of hydrogen-bond donors (Lipinski definition) is 2. The van der Waals surface area contributed by atoms with E-state index in [-0.39, 0.29) is 18.5 Å². The summed E-state index contributed by atoms with van der Waals surface area (Å²) >= 11 is 0.273. The molecule has 0 saturated heterocycles. The molecule has 0 aromatic carbocycles. The van der Waals surface area contributed by atoms with Crippen LogP contribution in [0.2, 0.25) is 0 Å². The smallest absolute Gasteiger partial charge is 0.390 e. The second-order valence-electron chi connectivity index (χ2n) is 6.13. The predicted octanol–water partition coefficient (Wildman–Crippen LogP) is 5.39. The van der Waals surface area contributed by atoms with Crippen molar-refractivity contribution in [3.05, 3.63) is 72.4 Å². The van der Waals surface area contributed by atoms with E-state index in [1.807, 2.05) is 11.8 Å². The summed E-state index contributed by atoms with van der Waals surface area (Å²) in [6.07, 6.45) is 10.4. The van der Waals surface area contributed by atoms with Gasteiger partial charge in [0.1, 0.15) is 11.5 Å². The molecule has 0 fully saturated rings. The predicted molar refractivity (Wildman–Crippen MR) is 133 cm³/mol. The van der Waals surface area contributed by atoms with Gasteiger partial charge in [0.2, 0.25) is 0 Å². The summed E-state index contributed by atoms with van der Waals surface area (Å²) in [4.78, 5) is 13.1. The zero-order valence-electron chi connectivity index (χ0n) is 18.8. The Hall–Kier alpha value is -3.15. The molecule has 0 atom stereocenters. The van der Waals surface area contributed by atoms with Gasteiger partial charge in [-0.15, -0.1) is 0 Å². The second kappa shape index (κ2) is 18.3. The molecule has 0 heterocycles. The molecular weight excluding hydrogens is 475 g/mol. The number of allylic oxidation sites excluding steroid dienone is 7. The highest BCUT2D eigenvalue weighted by Gasteiger charge is 2.32. The van der Waals surface area contributed by atoms with Gasteiger partial charge in [0, 0.05) is 36.9 Å². The molecule has 0 aliphatic carbocycles. The third-order valence-electron chi connectivity index (χ3n) is 3.64. The summed E-state index contributed by atoms with van der Waals surface area (Å²) in [5, 5.41) is 0. The first kappa shape index (κ1) is 30.9. The largest absolute Gasteiger partial charge is 0.433 e. The van der Waals surface area contributed by atoms with Crippen molar-refractivity contribution in [3.63, 3.8) is 0 Å². The molecule has 0 aliphatic heterocycles. The fraction of sp³-hybridized carbons (Fsp3) is 0.318. The molecule has 6 nitrogen and oxygen atoms in total. The van der Waals surface area contributed by atoms with Crippen molar-refractivity contribution < 1.29 is 22.0 Å². The van der Waals surface area contributed by atoms with E-state index in [4.69, 9.17) is 5.73 Å². The second-order valence-corrected chi connectivity index (χ2v) is 6.93. The Kier molecular flexibility index (Phi) is 16.6. The lowest BCUT2D eigenvalue weighted by Crippen LogP contribution is -2.24. The van der Waals surface area contributed by atoms with Gasteiger partial charge < -0.3 is 15.4 Å². The molecule has 0 bridgehead atoms. The van der Waals surface area contributed by atoms with E-state index >= 15 is 0 Å². The van der Waals surface area contributed by atoms with Gasteiger partial charge in [-0.25, -0.2) is 4.99 Å². The Bertz CT molecular complexity index is 826. The molecule has 0 aromatic rings. The first-order valence-corrected chi connectivity index (χ1v) is 10.9. The van der Waals surface area contributed by atoms with E-state index in [0.29, 0.717) is 24.6 Å². The van der Waals surface area contributed by atoms with Crippen molar-refractivity contribution in [2.75, 3.05) is 19.6 Å². The van der Waals surface area contributed by atoms with E-state index in [1.54, 1.807) is 24.3 Å². The number of nitrogens with zero attached hydrogens (tertiary/aromatic N) is 4. The number of nitrogens with one attached hydrogen (secondary N) is 1. The lowest BCUT2D eigenvalue weighted by atomic mass is 10.3. The van der Waals surface area contributed by atoms with Crippen LogP contribution < -0.4 is 10.5 Å². The van der Waals surface area contributed by atoms with Gasteiger partial charge in [-0.05, 0) is 37.4 Å². The summed E-state index contributed by atoms with van der Waals surface area (Å²) in [6, 6.07) is 0. The van der Waals surface area contributed by atoms with Crippen LogP contribution in [0.5, 0.6) is 0 Å². The highest BCUT2D eigenvalue weighted by atomic mass is 32.2. The molecule has 0 radical (unpaired) electrons. The Balaban J connectivity index is 5.16. The molecule has 188 valence electrons. The molecule has 0 aliphatic rings. The molecule has 3 N–H and O–H groups in total. The van der Waals surface area contributed by atoms with Crippen LogP contribution in [0.25, 0.3) is 0 Å². The minimum atomic E-state index is -4.57. The number of nitrogens with two attached hydrogens (primary N) is 1. The van der Waals surface area contributed by atoms with Gasteiger partial charge in [0.15, 0.2) is 0 Å². The molecule has 0 saturated carbocycles. The summed E-state index contributed by atoms with van der Waals surface area (Å²) in [7, 11) is 0. The monoisotopic (exact) mass is 504 g/mol. The average molecular weight is 505 g/mol. The molecular formula is C22H29F5N6S. The van der Waals surface area contributed by atoms with Crippen molar-refractivity contribution in [1.29, 1.82) is 0 Å². The average Bonchev–Trinajstić information content (AvgIpc) is 2.77. The Morgan fingerprint density at radius 3 is 2.44 bits per heavy atom. The number of alkyl halides is 5. The molecule has 0 amide bonds. The van der Waals surface area contributed by atoms with Crippen molar-refractivity contribution in [2.24, 2.45) is 20.7 Å². The summed E-state index contributed by atoms with van der Waals surface area (Å²) < 4.78 is 64.9. The van der Waals surface area contributed by atoms with Crippen LogP contribution >= 0.6 is 11.9 Å². The van der Waals surface area contributed by atoms with Crippen molar-refractivity contribution in [2.45, 2.75) is 25.3 Å². The van der Waals surface area contributed by atoms with Gasteiger partial charge in [-0.3, -0.25) is 9.98 Å². The zero-order chi connectivity index (χ0) is 25.8. The van der Waals surface area contributed by atoms with E-state index in [0.717, 1.165) is 18.8 Å². The first-order chi connectivity index (χ1) is 16.2. The highest BCUT2D eigenvalue weighted by Crippen LogP contribution is 2.25. The Labute approximate surface area is 201 Å². The molecule has 0 rings (SSSR count). The maximum absolute atomic E-state index is 12.7. The minimum absolute atomic E-state index is 0.273. The van der Waals surface area contributed by atoms with E-state index in [1.165, 1.54) is 24.4 Å². The maximum atomic E-state index is 12.7. The third-order valence-corrected chi connectivity index (χ3v) is 4.17. The number of halogens is 5. The summed E-state index contributed by atoms with van der Waals surface area (Å²) in [6.45, 7) is 9.58. The molecule has 0 aromatic heterocycles. The van der Waals surface area contributed by atoms with Crippen molar-refractivity contribution >= 4 is 31.2 Å². The quantitative estimate of drug-likeness (QED) is 0.0972. The Morgan fingerprint density at radius 1 is 1.18 bits per heavy atom. The van der Waals surface area contributed by atoms with Crippen LogP contribution in [0.4, 0.5) is 22.0 Å².